The number of benzene rings is 1. The molecule has 11 heteroatoms. The van der Waals surface area contributed by atoms with Crippen molar-refractivity contribution in [3.8, 4) is 0 Å². The van der Waals surface area contributed by atoms with E-state index in [1.165, 1.54) is 7.41 Å². The molecule has 1 fully saturated rings. The molecule has 1 aliphatic heterocycles. The van der Waals surface area contributed by atoms with Crippen LogP contribution in [0.1, 0.15) is 27.3 Å². The fourth-order valence-corrected chi connectivity index (χ4v) is 3.21. The van der Waals surface area contributed by atoms with Crippen LogP contribution in [0.25, 0.3) is 0 Å². The summed E-state index contributed by atoms with van der Waals surface area (Å²) in [6.45, 7) is 2.22. The number of carbonyl (C=O) groups excluding carboxylic acids is 2. The van der Waals surface area contributed by atoms with E-state index in [9.17, 15) is 22.8 Å². The van der Waals surface area contributed by atoms with Gasteiger partial charge in [0.15, 0.2) is 0 Å². The zero-order valence-electron chi connectivity index (χ0n) is 15.2. The third-order valence-electron chi connectivity index (χ3n) is 4.53. The maximum Gasteiger partial charge on any atom is 0.420 e. The number of nitrogens with zero attached hydrogens (tertiary/aromatic N) is 4. The Hall–Kier alpha value is -2.46. The summed E-state index contributed by atoms with van der Waals surface area (Å²) in [5, 5.41) is -0.639. The fourth-order valence-electron chi connectivity index (χ4n) is 2.96. The zero-order valence-corrected chi connectivity index (χ0v) is 16.0. The first-order valence-corrected chi connectivity index (χ1v) is 9.15. The van der Waals surface area contributed by atoms with Crippen LogP contribution in [0.3, 0.4) is 0 Å². The molecule has 0 spiro atoms. The highest BCUT2D eigenvalue weighted by molar-refractivity contribution is 6.64. The van der Waals surface area contributed by atoms with Gasteiger partial charge >= 0.3 is 6.18 Å². The van der Waals surface area contributed by atoms with Crippen LogP contribution >= 0.6 is 11.6 Å². The quantitative estimate of drug-likeness (QED) is 0.419. The summed E-state index contributed by atoms with van der Waals surface area (Å²) in [6, 6.07) is 6.73. The van der Waals surface area contributed by atoms with Gasteiger partial charge in [-0.25, -0.2) is 9.97 Å². The van der Waals surface area contributed by atoms with Gasteiger partial charge in [0.1, 0.15) is 16.5 Å². The van der Waals surface area contributed by atoms with Crippen molar-refractivity contribution < 1.29 is 22.8 Å². The Morgan fingerprint density at radius 3 is 2.38 bits per heavy atom. The minimum Gasteiger partial charge on any atom is -0.337 e. The van der Waals surface area contributed by atoms with Crippen molar-refractivity contribution in [2.75, 3.05) is 26.2 Å². The lowest BCUT2D eigenvalue weighted by Gasteiger charge is -2.33. The number of rotatable bonds is 5. The van der Waals surface area contributed by atoms with Crippen LogP contribution in [0.2, 0.25) is 5.15 Å². The van der Waals surface area contributed by atoms with Crippen molar-refractivity contribution in [1.82, 2.24) is 19.7 Å². The van der Waals surface area contributed by atoms with Gasteiger partial charge in [-0.2, -0.15) is 13.2 Å². The highest BCUT2D eigenvalue weighted by atomic mass is 35.5. The molecule has 0 aliphatic carbocycles. The van der Waals surface area contributed by atoms with E-state index in [1.807, 2.05) is 4.81 Å². The third-order valence-corrected chi connectivity index (χ3v) is 4.82. The van der Waals surface area contributed by atoms with Crippen LogP contribution in [-0.4, -0.2) is 65.4 Å². The molecule has 1 radical (unpaired) electrons. The number of amides is 1. The molecule has 1 amide bonds. The van der Waals surface area contributed by atoms with E-state index in [0.717, 1.165) is 11.7 Å². The van der Waals surface area contributed by atoms with Gasteiger partial charge < -0.3 is 14.5 Å². The van der Waals surface area contributed by atoms with Crippen LogP contribution in [0.4, 0.5) is 13.2 Å². The molecule has 2 aromatic rings. The van der Waals surface area contributed by atoms with Crippen molar-refractivity contribution >= 4 is 31.1 Å². The molecule has 0 unspecified atom stereocenters. The number of piperazine rings is 1. The number of halogens is 4. The van der Waals surface area contributed by atoms with Crippen molar-refractivity contribution in [3.05, 3.63) is 58.1 Å². The molecule has 0 saturated carbocycles. The molecule has 1 saturated heterocycles. The predicted molar refractivity (Wildman–Crippen MR) is 101 cm³/mol. The number of aromatic nitrogens is 2. The molecule has 0 bridgehead atoms. The minimum atomic E-state index is -4.60. The van der Waals surface area contributed by atoms with Crippen molar-refractivity contribution in [1.29, 1.82) is 0 Å². The van der Waals surface area contributed by atoms with E-state index in [-0.39, 0.29) is 18.2 Å². The maximum atomic E-state index is 12.7. The third kappa shape index (κ3) is 5.33. The predicted octanol–water partition coefficient (Wildman–Crippen LogP) is 2.31. The van der Waals surface area contributed by atoms with Gasteiger partial charge in [-0.1, -0.05) is 23.7 Å². The summed E-state index contributed by atoms with van der Waals surface area (Å²) in [5.74, 6) is 0.0424. The van der Waals surface area contributed by atoms with Crippen LogP contribution in [-0.2, 0) is 17.4 Å². The van der Waals surface area contributed by atoms with Crippen LogP contribution in [0, 0.1) is 0 Å². The first-order valence-electron chi connectivity index (χ1n) is 8.77. The molecular formula is C18H16BClF3N4O2. The zero-order chi connectivity index (χ0) is 21.0. The van der Waals surface area contributed by atoms with Gasteiger partial charge in [0, 0.05) is 44.4 Å². The van der Waals surface area contributed by atoms with Crippen LogP contribution in [0.5, 0.6) is 0 Å². The average molecular weight is 424 g/mol. The molecule has 1 aromatic carbocycles. The number of hydrogen-bond donors (Lipinski definition) is 0. The number of carbonyl (C=O) groups is 2. The lowest BCUT2D eigenvalue weighted by Crippen LogP contribution is -2.50. The van der Waals surface area contributed by atoms with Gasteiger partial charge in [0.25, 0.3) is 13.3 Å². The first kappa shape index (κ1) is 21.3. The van der Waals surface area contributed by atoms with E-state index in [4.69, 9.17) is 11.6 Å². The molecule has 6 nitrogen and oxygen atoms in total. The Balaban J connectivity index is 1.62. The highest BCUT2D eigenvalue weighted by Gasteiger charge is 2.34. The Morgan fingerprint density at radius 1 is 1.17 bits per heavy atom. The molecule has 151 valence electrons. The largest absolute Gasteiger partial charge is 0.420 e. The lowest BCUT2D eigenvalue weighted by atomic mass is 9.93. The topological polar surface area (TPSA) is 66.4 Å². The van der Waals surface area contributed by atoms with E-state index >= 15 is 0 Å². The highest BCUT2D eigenvalue weighted by Crippen LogP contribution is 2.33. The van der Waals surface area contributed by atoms with Crippen molar-refractivity contribution in [2.24, 2.45) is 0 Å². The summed E-state index contributed by atoms with van der Waals surface area (Å²) in [6.07, 6.45) is -3.02. The molecule has 0 atom stereocenters. The van der Waals surface area contributed by atoms with Gasteiger partial charge in [-0.05, 0) is 17.7 Å². The number of alkyl halides is 3. The second-order valence-corrected chi connectivity index (χ2v) is 6.83. The molecular weight excluding hydrogens is 407 g/mol. The Bertz CT molecular complexity index is 888. The minimum absolute atomic E-state index is 0.115. The van der Waals surface area contributed by atoms with Gasteiger partial charge in [-0.3, -0.25) is 4.79 Å². The molecule has 1 aliphatic rings. The second-order valence-electron chi connectivity index (χ2n) is 6.48. The molecule has 1 aromatic heterocycles. The van der Waals surface area contributed by atoms with Gasteiger partial charge in [-0.15, -0.1) is 0 Å². The number of hydrogen-bond acceptors (Lipinski definition) is 5. The SMILES string of the molecule is O=C[B]N1CCN(C(=O)c2ccc(Cc3ncc(C(F)(F)F)c(Cl)n3)cc2)CC1. The van der Waals surface area contributed by atoms with E-state index in [2.05, 4.69) is 9.97 Å². The molecule has 3 rings (SSSR count). The normalized spacial score (nSPS) is 15.2. The smallest absolute Gasteiger partial charge is 0.337 e. The van der Waals surface area contributed by atoms with Crippen LogP contribution < -0.4 is 0 Å². The van der Waals surface area contributed by atoms with E-state index < -0.39 is 16.9 Å². The Labute approximate surface area is 170 Å². The molecule has 2 heterocycles. The molecule has 29 heavy (non-hydrogen) atoms. The Kier molecular flexibility index (Phi) is 6.54. The van der Waals surface area contributed by atoms with Gasteiger partial charge in [0.05, 0.1) is 6.19 Å². The van der Waals surface area contributed by atoms with Gasteiger partial charge in [0.2, 0.25) is 0 Å². The van der Waals surface area contributed by atoms with Crippen molar-refractivity contribution in [3.63, 3.8) is 0 Å². The summed E-state index contributed by atoms with van der Waals surface area (Å²) in [7, 11) is 1.46. The van der Waals surface area contributed by atoms with Crippen molar-refractivity contribution in [2.45, 2.75) is 12.6 Å². The van der Waals surface area contributed by atoms with E-state index in [0.29, 0.717) is 37.9 Å². The lowest BCUT2D eigenvalue weighted by molar-refractivity contribution is -0.138. The van der Waals surface area contributed by atoms with E-state index in [1.54, 1.807) is 29.2 Å². The monoisotopic (exact) mass is 423 g/mol. The fraction of sp³-hybridized carbons (Fsp3) is 0.333. The summed E-state index contributed by atoms with van der Waals surface area (Å²) in [5.41, 5.74) is 0.172. The molecule has 0 N–H and O–H groups in total. The summed E-state index contributed by atoms with van der Waals surface area (Å²) < 4.78 is 38.2. The standard InChI is InChI=1S/C18H16BClF3N4O2/c20-16-14(18(21,22)23)10-24-15(25-16)9-12-1-3-13(4-2-12)17(29)26-5-7-27(8-6-26)19-11-28/h1-4,10-11H,5-9H2. The maximum absolute atomic E-state index is 12.7. The second kappa shape index (κ2) is 8.92. The summed E-state index contributed by atoms with van der Waals surface area (Å²) >= 11 is 5.62. The van der Waals surface area contributed by atoms with Crippen LogP contribution in [0.15, 0.2) is 30.5 Å². The first-order chi connectivity index (χ1) is 13.8. The Morgan fingerprint density at radius 2 is 1.83 bits per heavy atom. The summed E-state index contributed by atoms with van der Waals surface area (Å²) in [4.78, 5) is 34.1. The average Bonchev–Trinajstić information content (AvgIpc) is 2.68.